The normalized spacial score (nSPS) is 13.1. The van der Waals surface area contributed by atoms with Gasteiger partial charge in [-0.25, -0.2) is 0 Å². The summed E-state index contributed by atoms with van der Waals surface area (Å²) in [6, 6.07) is 55.8. The van der Waals surface area contributed by atoms with Crippen LogP contribution in [-0.2, 0) is 5.41 Å². The van der Waals surface area contributed by atoms with Crippen molar-refractivity contribution in [1.82, 2.24) is 0 Å². The van der Waals surface area contributed by atoms with Gasteiger partial charge < -0.3 is 9.73 Å². The molecule has 6 aromatic carbocycles. The van der Waals surface area contributed by atoms with Gasteiger partial charge in [0.2, 0.25) is 0 Å². The van der Waals surface area contributed by atoms with Crippen molar-refractivity contribution in [2.24, 2.45) is 0 Å². The van der Waals surface area contributed by atoms with Crippen molar-refractivity contribution in [2.45, 2.75) is 5.41 Å². The van der Waals surface area contributed by atoms with Crippen LogP contribution >= 0.6 is 0 Å². The zero-order valence-corrected chi connectivity index (χ0v) is 22.4. The molecule has 0 saturated heterocycles. The number of anilines is 2. The lowest BCUT2D eigenvalue weighted by molar-refractivity contribution is 0.502. The van der Waals surface area contributed by atoms with Crippen molar-refractivity contribution in [3.8, 4) is 22.3 Å². The molecule has 1 heterocycles. The van der Waals surface area contributed by atoms with Crippen molar-refractivity contribution in [3.63, 3.8) is 0 Å². The topological polar surface area (TPSA) is 25.2 Å². The summed E-state index contributed by atoms with van der Waals surface area (Å²) in [6.07, 6.45) is 0. The molecule has 1 aliphatic rings. The minimum Gasteiger partial charge on any atom is -0.459 e. The van der Waals surface area contributed by atoms with E-state index in [2.05, 4.69) is 151 Å². The summed E-state index contributed by atoms with van der Waals surface area (Å²) in [7, 11) is 0. The van der Waals surface area contributed by atoms with Crippen molar-refractivity contribution in [1.29, 1.82) is 0 Å². The first-order chi connectivity index (χ1) is 20.3. The predicted octanol–water partition coefficient (Wildman–Crippen LogP) is 10.2. The van der Waals surface area contributed by atoms with E-state index in [0.29, 0.717) is 0 Å². The fourth-order valence-electron chi connectivity index (χ4n) is 6.51. The van der Waals surface area contributed by atoms with Crippen LogP contribution in [-0.4, -0.2) is 0 Å². The minimum atomic E-state index is -0.582. The first-order valence-corrected chi connectivity index (χ1v) is 14.0. The Kier molecular flexibility index (Phi) is 5.39. The van der Waals surface area contributed by atoms with E-state index in [9.17, 15) is 0 Å². The molecule has 0 radical (unpaired) electrons. The lowest BCUT2D eigenvalue weighted by Gasteiger charge is -2.32. The molecule has 2 nitrogen and oxygen atoms in total. The lowest BCUT2D eigenvalue weighted by Crippen LogP contribution is -2.28. The van der Waals surface area contributed by atoms with Crippen LogP contribution in [0.5, 0.6) is 0 Å². The molecule has 0 amide bonds. The third-order valence-corrected chi connectivity index (χ3v) is 8.32. The van der Waals surface area contributed by atoms with Crippen LogP contribution < -0.4 is 5.32 Å². The van der Waals surface area contributed by atoms with E-state index in [-0.39, 0.29) is 0 Å². The molecule has 0 spiro atoms. The second kappa shape index (κ2) is 9.39. The molecule has 8 rings (SSSR count). The average molecular weight is 526 g/mol. The van der Waals surface area contributed by atoms with Gasteiger partial charge in [-0.2, -0.15) is 0 Å². The van der Waals surface area contributed by atoms with Crippen LogP contribution in [0.2, 0.25) is 0 Å². The SMILES string of the molecule is c1ccc(-c2ccc(Nc3ccc4c(c3)C(c3ccccc3)(c3ccccc3)c3oc5ccccc5c3-4)cc2)cc1. The van der Waals surface area contributed by atoms with E-state index in [1.165, 1.54) is 38.9 Å². The summed E-state index contributed by atoms with van der Waals surface area (Å²) >= 11 is 0. The predicted molar refractivity (Wildman–Crippen MR) is 169 cm³/mol. The molecule has 0 fully saturated rings. The number of hydrogen-bond acceptors (Lipinski definition) is 2. The summed E-state index contributed by atoms with van der Waals surface area (Å²) in [5, 5.41) is 4.83. The monoisotopic (exact) mass is 525 g/mol. The van der Waals surface area contributed by atoms with E-state index < -0.39 is 5.41 Å². The first kappa shape index (κ1) is 23.5. The molecule has 194 valence electrons. The number of rotatable bonds is 5. The summed E-state index contributed by atoms with van der Waals surface area (Å²) in [5.74, 6) is 0.982. The van der Waals surface area contributed by atoms with E-state index in [0.717, 1.165) is 28.1 Å². The molecule has 41 heavy (non-hydrogen) atoms. The number of para-hydroxylation sites is 1. The van der Waals surface area contributed by atoms with Gasteiger partial charge in [0.15, 0.2) is 0 Å². The van der Waals surface area contributed by atoms with Gasteiger partial charge in [-0.05, 0) is 63.7 Å². The van der Waals surface area contributed by atoms with Crippen molar-refractivity contribution < 1.29 is 4.42 Å². The maximum atomic E-state index is 6.81. The summed E-state index contributed by atoms with van der Waals surface area (Å²) in [6.45, 7) is 0. The average Bonchev–Trinajstić information content (AvgIpc) is 3.56. The highest BCUT2D eigenvalue weighted by Gasteiger charge is 2.50. The quantitative estimate of drug-likeness (QED) is 0.242. The number of nitrogens with one attached hydrogen (secondary N) is 1. The molecule has 7 aromatic rings. The maximum absolute atomic E-state index is 6.81. The Morgan fingerprint density at radius 3 is 1.73 bits per heavy atom. The van der Waals surface area contributed by atoms with Crippen LogP contribution in [0.15, 0.2) is 162 Å². The Bertz CT molecular complexity index is 1950. The van der Waals surface area contributed by atoms with Gasteiger partial charge in [0, 0.05) is 22.3 Å². The van der Waals surface area contributed by atoms with Gasteiger partial charge in [-0.3, -0.25) is 0 Å². The molecule has 0 bridgehead atoms. The van der Waals surface area contributed by atoms with E-state index in [1.807, 2.05) is 12.1 Å². The molecule has 1 aliphatic carbocycles. The first-order valence-electron chi connectivity index (χ1n) is 14.0. The molecular formula is C39H27NO. The van der Waals surface area contributed by atoms with Crippen molar-refractivity contribution >= 4 is 22.3 Å². The zero-order chi connectivity index (χ0) is 27.2. The Hall–Kier alpha value is -5.34. The van der Waals surface area contributed by atoms with Crippen LogP contribution in [0.25, 0.3) is 33.2 Å². The molecule has 1 aromatic heterocycles. The lowest BCUT2D eigenvalue weighted by atomic mass is 9.70. The van der Waals surface area contributed by atoms with E-state index in [4.69, 9.17) is 4.42 Å². The van der Waals surface area contributed by atoms with Gasteiger partial charge >= 0.3 is 0 Å². The zero-order valence-electron chi connectivity index (χ0n) is 22.4. The highest BCUT2D eigenvalue weighted by Crippen LogP contribution is 2.59. The number of benzene rings is 6. The molecule has 0 unspecified atom stereocenters. The largest absolute Gasteiger partial charge is 0.459 e. The van der Waals surface area contributed by atoms with Crippen LogP contribution in [0.3, 0.4) is 0 Å². The molecule has 0 saturated carbocycles. The number of furan rings is 1. The minimum absolute atomic E-state index is 0.582. The van der Waals surface area contributed by atoms with E-state index >= 15 is 0 Å². The third kappa shape index (κ3) is 3.65. The maximum Gasteiger partial charge on any atom is 0.135 e. The number of fused-ring (bicyclic) bond motifs is 5. The Morgan fingerprint density at radius 1 is 0.488 bits per heavy atom. The van der Waals surface area contributed by atoms with Crippen LogP contribution in [0.1, 0.15) is 22.5 Å². The van der Waals surface area contributed by atoms with Crippen molar-refractivity contribution in [2.75, 3.05) is 5.32 Å². The molecular weight excluding hydrogens is 498 g/mol. The van der Waals surface area contributed by atoms with Crippen LogP contribution in [0.4, 0.5) is 11.4 Å². The molecule has 0 atom stereocenters. The second-order valence-electron chi connectivity index (χ2n) is 10.6. The van der Waals surface area contributed by atoms with Gasteiger partial charge in [0.05, 0.1) is 0 Å². The second-order valence-corrected chi connectivity index (χ2v) is 10.6. The van der Waals surface area contributed by atoms with Gasteiger partial charge in [0.25, 0.3) is 0 Å². The van der Waals surface area contributed by atoms with Gasteiger partial charge in [-0.1, -0.05) is 127 Å². The van der Waals surface area contributed by atoms with Crippen molar-refractivity contribution in [3.05, 3.63) is 180 Å². The van der Waals surface area contributed by atoms with E-state index in [1.54, 1.807) is 0 Å². The molecule has 0 aliphatic heterocycles. The van der Waals surface area contributed by atoms with Crippen LogP contribution in [0, 0.1) is 0 Å². The standard InChI is InChI=1S/C39H27NO/c1-4-12-27(13-5-1)28-20-22-31(23-21-28)40-32-24-25-33-35(26-32)39(29-14-6-2-7-15-29,30-16-8-3-9-17-30)38-37(33)34-18-10-11-19-36(34)41-38/h1-26,40H. The van der Waals surface area contributed by atoms with Gasteiger partial charge in [0.1, 0.15) is 16.8 Å². The third-order valence-electron chi connectivity index (χ3n) is 8.32. The Labute approximate surface area is 239 Å². The summed E-state index contributed by atoms with van der Waals surface area (Å²) in [4.78, 5) is 0. The number of hydrogen-bond donors (Lipinski definition) is 1. The molecule has 2 heteroatoms. The summed E-state index contributed by atoms with van der Waals surface area (Å²) < 4.78 is 6.81. The Balaban J connectivity index is 1.32. The highest BCUT2D eigenvalue weighted by molar-refractivity contribution is 6.02. The Morgan fingerprint density at radius 2 is 1.05 bits per heavy atom. The fourth-order valence-corrected chi connectivity index (χ4v) is 6.51. The fraction of sp³-hybridized carbons (Fsp3) is 0.0256. The van der Waals surface area contributed by atoms with Gasteiger partial charge in [-0.15, -0.1) is 0 Å². The molecule has 1 N–H and O–H groups in total. The smallest absolute Gasteiger partial charge is 0.135 e. The highest BCUT2D eigenvalue weighted by atomic mass is 16.3. The summed E-state index contributed by atoms with van der Waals surface area (Å²) in [5.41, 5.74) is 10.8.